The van der Waals surface area contributed by atoms with Gasteiger partial charge in [-0.25, -0.2) is 9.37 Å². The minimum atomic E-state index is -0.598. The number of amides is 1. The molecule has 24 heavy (non-hydrogen) atoms. The van der Waals surface area contributed by atoms with Crippen molar-refractivity contribution in [3.05, 3.63) is 84.2 Å². The first-order valence-electron chi connectivity index (χ1n) is 7.16. The van der Waals surface area contributed by atoms with Gasteiger partial charge in [-0.2, -0.15) is 4.39 Å². The van der Waals surface area contributed by atoms with E-state index in [0.29, 0.717) is 11.3 Å². The SMILES string of the molecule is O=C(NNc1ccc(F)nc1)c1cccc(-c2ccc(F)cc2)c1. The molecule has 3 aromatic rings. The van der Waals surface area contributed by atoms with Crippen LogP contribution in [0.4, 0.5) is 14.5 Å². The van der Waals surface area contributed by atoms with Crippen LogP contribution < -0.4 is 10.9 Å². The van der Waals surface area contributed by atoms with Crippen LogP contribution in [0.3, 0.4) is 0 Å². The van der Waals surface area contributed by atoms with Crippen molar-refractivity contribution in [1.82, 2.24) is 10.4 Å². The smallest absolute Gasteiger partial charge is 0.269 e. The fraction of sp³-hybridized carbons (Fsp3) is 0. The molecule has 3 rings (SSSR count). The fourth-order valence-corrected chi connectivity index (χ4v) is 2.13. The maximum absolute atomic E-state index is 13.0. The second-order valence-electron chi connectivity index (χ2n) is 5.04. The highest BCUT2D eigenvalue weighted by atomic mass is 19.1. The molecular weight excluding hydrogens is 312 g/mol. The summed E-state index contributed by atoms with van der Waals surface area (Å²) in [6, 6.07) is 15.6. The topological polar surface area (TPSA) is 54.0 Å². The van der Waals surface area contributed by atoms with Crippen molar-refractivity contribution in [3.63, 3.8) is 0 Å². The van der Waals surface area contributed by atoms with E-state index in [-0.39, 0.29) is 11.7 Å². The second-order valence-corrected chi connectivity index (χ2v) is 5.04. The van der Waals surface area contributed by atoms with Crippen molar-refractivity contribution in [2.45, 2.75) is 0 Å². The Morgan fingerprint density at radius 3 is 2.42 bits per heavy atom. The fourth-order valence-electron chi connectivity index (χ4n) is 2.13. The van der Waals surface area contributed by atoms with Gasteiger partial charge in [-0.05, 0) is 47.5 Å². The van der Waals surface area contributed by atoms with E-state index in [1.54, 1.807) is 30.3 Å². The van der Waals surface area contributed by atoms with E-state index in [2.05, 4.69) is 15.8 Å². The first-order valence-corrected chi connectivity index (χ1v) is 7.16. The van der Waals surface area contributed by atoms with Crippen LogP contribution in [0, 0.1) is 11.8 Å². The number of pyridine rings is 1. The Morgan fingerprint density at radius 2 is 1.71 bits per heavy atom. The summed E-state index contributed by atoms with van der Waals surface area (Å²) in [4.78, 5) is 15.7. The molecule has 1 heterocycles. The number of hydrogen-bond acceptors (Lipinski definition) is 3. The highest BCUT2D eigenvalue weighted by Crippen LogP contribution is 2.20. The zero-order valence-corrected chi connectivity index (χ0v) is 12.5. The van der Waals surface area contributed by atoms with Crippen LogP contribution in [0.15, 0.2) is 66.9 Å². The summed E-state index contributed by atoms with van der Waals surface area (Å²) in [5, 5.41) is 0. The number of rotatable bonds is 4. The van der Waals surface area contributed by atoms with Crippen LogP contribution >= 0.6 is 0 Å². The van der Waals surface area contributed by atoms with Crippen molar-refractivity contribution in [3.8, 4) is 11.1 Å². The lowest BCUT2D eigenvalue weighted by atomic mass is 10.0. The zero-order chi connectivity index (χ0) is 16.9. The minimum absolute atomic E-state index is 0.315. The molecule has 2 aromatic carbocycles. The number of nitrogens with one attached hydrogen (secondary N) is 2. The van der Waals surface area contributed by atoms with Gasteiger partial charge in [0.15, 0.2) is 0 Å². The predicted octanol–water partition coefficient (Wildman–Crippen LogP) is 3.78. The molecule has 0 atom stereocenters. The van der Waals surface area contributed by atoms with E-state index in [0.717, 1.165) is 11.1 Å². The molecule has 1 amide bonds. The van der Waals surface area contributed by atoms with E-state index in [1.807, 2.05) is 6.07 Å². The first kappa shape index (κ1) is 15.6. The summed E-state index contributed by atoms with van der Waals surface area (Å²) in [5.41, 5.74) is 7.66. The lowest BCUT2D eigenvalue weighted by Crippen LogP contribution is -2.29. The van der Waals surface area contributed by atoms with E-state index in [4.69, 9.17) is 0 Å². The molecule has 1 aromatic heterocycles. The van der Waals surface area contributed by atoms with Crippen molar-refractivity contribution in [2.75, 3.05) is 5.43 Å². The number of carbonyl (C=O) groups excluding carboxylic acids is 1. The van der Waals surface area contributed by atoms with Crippen LogP contribution in [0.5, 0.6) is 0 Å². The van der Waals surface area contributed by atoms with Gasteiger partial charge in [-0.15, -0.1) is 0 Å². The predicted molar refractivity (Wildman–Crippen MR) is 87.1 cm³/mol. The van der Waals surface area contributed by atoms with Gasteiger partial charge in [-0.1, -0.05) is 24.3 Å². The Morgan fingerprint density at radius 1 is 0.917 bits per heavy atom. The molecule has 120 valence electrons. The number of halogens is 2. The van der Waals surface area contributed by atoms with Gasteiger partial charge in [0.1, 0.15) is 5.82 Å². The van der Waals surface area contributed by atoms with Crippen LogP contribution in [-0.2, 0) is 0 Å². The summed E-state index contributed by atoms with van der Waals surface area (Å²) in [6.07, 6.45) is 1.27. The van der Waals surface area contributed by atoms with Crippen molar-refractivity contribution >= 4 is 11.6 Å². The summed E-state index contributed by atoms with van der Waals surface area (Å²) in [6.45, 7) is 0. The van der Waals surface area contributed by atoms with Crippen molar-refractivity contribution in [1.29, 1.82) is 0 Å². The summed E-state index contributed by atoms with van der Waals surface area (Å²) < 4.78 is 25.7. The average molecular weight is 325 g/mol. The Labute approximate surface area is 137 Å². The van der Waals surface area contributed by atoms with Gasteiger partial charge in [0.05, 0.1) is 11.9 Å². The molecule has 0 unspecified atom stereocenters. The Bertz CT molecular complexity index is 849. The lowest BCUT2D eigenvalue weighted by Gasteiger charge is -2.09. The standard InChI is InChI=1S/C18H13F2N3O/c19-15-6-4-12(5-7-15)13-2-1-3-14(10-13)18(24)23-22-16-8-9-17(20)21-11-16/h1-11,22H,(H,23,24). The Hall–Kier alpha value is -3.28. The summed E-state index contributed by atoms with van der Waals surface area (Å²) in [7, 11) is 0. The normalized spacial score (nSPS) is 10.2. The van der Waals surface area contributed by atoms with Crippen LogP contribution in [0.2, 0.25) is 0 Å². The van der Waals surface area contributed by atoms with Gasteiger partial charge in [0.2, 0.25) is 5.95 Å². The Balaban J connectivity index is 1.72. The van der Waals surface area contributed by atoms with E-state index in [1.165, 1.54) is 30.5 Å². The number of aromatic nitrogens is 1. The van der Waals surface area contributed by atoms with Gasteiger partial charge in [0, 0.05) is 5.56 Å². The number of anilines is 1. The molecule has 0 aliphatic rings. The van der Waals surface area contributed by atoms with E-state index < -0.39 is 5.95 Å². The number of benzene rings is 2. The third-order valence-electron chi connectivity index (χ3n) is 3.35. The third kappa shape index (κ3) is 3.73. The molecule has 0 saturated carbocycles. The van der Waals surface area contributed by atoms with Crippen molar-refractivity contribution < 1.29 is 13.6 Å². The molecule has 0 spiro atoms. The van der Waals surface area contributed by atoms with E-state index >= 15 is 0 Å². The molecule has 4 nitrogen and oxygen atoms in total. The van der Waals surface area contributed by atoms with Gasteiger partial charge < -0.3 is 0 Å². The molecular formula is C18H13F2N3O. The van der Waals surface area contributed by atoms with Gasteiger partial charge in [0.25, 0.3) is 5.91 Å². The largest absolute Gasteiger partial charge is 0.297 e. The zero-order valence-electron chi connectivity index (χ0n) is 12.5. The highest BCUT2D eigenvalue weighted by Gasteiger charge is 2.07. The van der Waals surface area contributed by atoms with Gasteiger partial charge in [-0.3, -0.25) is 15.6 Å². The molecule has 0 fully saturated rings. The molecule has 0 aliphatic carbocycles. The minimum Gasteiger partial charge on any atom is -0.297 e. The van der Waals surface area contributed by atoms with Crippen LogP contribution in [-0.4, -0.2) is 10.9 Å². The first-order chi connectivity index (χ1) is 11.6. The maximum Gasteiger partial charge on any atom is 0.269 e. The summed E-state index contributed by atoms with van der Waals surface area (Å²) >= 11 is 0. The quantitative estimate of drug-likeness (QED) is 0.567. The molecule has 0 bridgehead atoms. The second kappa shape index (κ2) is 6.87. The summed E-state index contributed by atoms with van der Waals surface area (Å²) in [5.74, 6) is -1.27. The van der Waals surface area contributed by atoms with Crippen LogP contribution in [0.1, 0.15) is 10.4 Å². The van der Waals surface area contributed by atoms with Crippen molar-refractivity contribution in [2.24, 2.45) is 0 Å². The average Bonchev–Trinajstić information content (AvgIpc) is 2.62. The number of hydrogen-bond donors (Lipinski definition) is 2. The molecule has 0 aliphatic heterocycles. The molecule has 2 N–H and O–H groups in total. The Kier molecular flexibility index (Phi) is 4.47. The molecule has 0 saturated heterocycles. The van der Waals surface area contributed by atoms with E-state index in [9.17, 15) is 13.6 Å². The third-order valence-corrected chi connectivity index (χ3v) is 3.35. The lowest BCUT2D eigenvalue weighted by molar-refractivity contribution is 0.0962. The van der Waals surface area contributed by atoms with Crippen LogP contribution in [0.25, 0.3) is 11.1 Å². The maximum atomic E-state index is 13.0. The monoisotopic (exact) mass is 325 g/mol. The number of hydrazine groups is 1. The molecule has 0 radical (unpaired) electrons. The number of carbonyl (C=O) groups is 1. The highest BCUT2D eigenvalue weighted by molar-refractivity contribution is 5.96. The van der Waals surface area contributed by atoms with Gasteiger partial charge >= 0.3 is 0 Å². The molecule has 6 heteroatoms. The number of nitrogens with zero attached hydrogens (tertiary/aromatic N) is 1.